The topological polar surface area (TPSA) is 46.1 Å². The second-order valence-electron chi connectivity index (χ2n) is 5.41. The lowest BCUT2D eigenvalue weighted by atomic mass is 10.1. The van der Waals surface area contributed by atoms with Crippen molar-refractivity contribution in [2.24, 2.45) is 10.9 Å². The van der Waals surface area contributed by atoms with Crippen LogP contribution in [-0.2, 0) is 11.3 Å². The van der Waals surface area contributed by atoms with Gasteiger partial charge in [0.15, 0.2) is 5.96 Å². The summed E-state index contributed by atoms with van der Waals surface area (Å²) in [7, 11) is 5.22. The summed E-state index contributed by atoms with van der Waals surface area (Å²) in [6.07, 6.45) is 1.14. The fourth-order valence-electron chi connectivity index (χ4n) is 2.77. The van der Waals surface area contributed by atoms with Gasteiger partial charge in [-0.05, 0) is 18.6 Å². The Morgan fingerprint density at radius 3 is 2.87 bits per heavy atom. The van der Waals surface area contributed by atoms with Gasteiger partial charge in [-0.25, -0.2) is 0 Å². The maximum absolute atomic E-state index is 5.99. The van der Waals surface area contributed by atoms with E-state index in [2.05, 4.69) is 15.2 Å². The van der Waals surface area contributed by atoms with Crippen LogP contribution in [0.2, 0.25) is 5.02 Å². The van der Waals surface area contributed by atoms with Crippen molar-refractivity contribution in [1.29, 1.82) is 0 Å². The van der Waals surface area contributed by atoms with E-state index in [4.69, 9.17) is 21.1 Å². The lowest BCUT2D eigenvalue weighted by Crippen LogP contribution is -2.39. The standard InChI is InChI=1S/C16H24ClN3O2.HI/c1-18-16(20-7-6-12(10-20)11-21-2)19-9-13-4-5-14(17)8-15(13)22-3;/h4-5,8,12H,6-7,9-11H2,1-3H3,(H,18,19);1H. The average molecular weight is 454 g/mol. The van der Waals surface area contributed by atoms with E-state index in [0.717, 1.165) is 43.4 Å². The molecule has 1 aliphatic rings. The number of hydrogen-bond donors (Lipinski definition) is 1. The number of benzene rings is 1. The van der Waals surface area contributed by atoms with Crippen molar-refractivity contribution in [3.8, 4) is 5.75 Å². The summed E-state index contributed by atoms with van der Waals surface area (Å²) in [6, 6.07) is 5.67. The Hall–Kier alpha value is -0.730. The van der Waals surface area contributed by atoms with Gasteiger partial charge in [0.25, 0.3) is 0 Å². The number of ether oxygens (including phenoxy) is 2. The van der Waals surface area contributed by atoms with E-state index in [9.17, 15) is 0 Å². The van der Waals surface area contributed by atoms with E-state index in [-0.39, 0.29) is 24.0 Å². The second-order valence-corrected chi connectivity index (χ2v) is 5.85. The minimum atomic E-state index is 0. The van der Waals surface area contributed by atoms with Crippen molar-refractivity contribution in [3.05, 3.63) is 28.8 Å². The average Bonchev–Trinajstić information content (AvgIpc) is 2.98. The van der Waals surface area contributed by atoms with Crippen molar-refractivity contribution < 1.29 is 9.47 Å². The van der Waals surface area contributed by atoms with Gasteiger partial charge in [-0.1, -0.05) is 17.7 Å². The van der Waals surface area contributed by atoms with E-state index in [1.54, 1.807) is 14.2 Å². The molecular formula is C16H25ClIN3O2. The van der Waals surface area contributed by atoms with Crippen molar-refractivity contribution in [2.75, 3.05) is 41.0 Å². The molecule has 1 aliphatic heterocycles. The maximum atomic E-state index is 5.99. The number of rotatable bonds is 5. The molecule has 0 aliphatic carbocycles. The zero-order valence-electron chi connectivity index (χ0n) is 13.8. The first-order valence-electron chi connectivity index (χ1n) is 7.45. The Balaban J connectivity index is 0.00000264. The zero-order chi connectivity index (χ0) is 15.9. The minimum absolute atomic E-state index is 0. The van der Waals surface area contributed by atoms with Crippen LogP contribution in [0.5, 0.6) is 5.75 Å². The molecule has 1 aromatic carbocycles. The molecule has 0 saturated carbocycles. The molecule has 1 N–H and O–H groups in total. The van der Waals surface area contributed by atoms with Gasteiger partial charge in [0.2, 0.25) is 0 Å². The largest absolute Gasteiger partial charge is 0.496 e. The van der Waals surface area contributed by atoms with Crippen LogP contribution in [0, 0.1) is 5.92 Å². The Labute approximate surface area is 160 Å². The predicted molar refractivity (Wildman–Crippen MR) is 105 cm³/mol. The Morgan fingerprint density at radius 1 is 1.43 bits per heavy atom. The van der Waals surface area contributed by atoms with Gasteiger partial charge in [0, 0.05) is 50.3 Å². The third-order valence-electron chi connectivity index (χ3n) is 3.89. The summed E-state index contributed by atoms with van der Waals surface area (Å²) in [6.45, 7) is 3.44. The molecule has 0 spiro atoms. The van der Waals surface area contributed by atoms with Crippen LogP contribution in [0.25, 0.3) is 0 Å². The molecule has 23 heavy (non-hydrogen) atoms. The van der Waals surface area contributed by atoms with Crippen molar-refractivity contribution in [1.82, 2.24) is 10.2 Å². The highest BCUT2D eigenvalue weighted by Gasteiger charge is 2.24. The number of guanidine groups is 1. The minimum Gasteiger partial charge on any atom is -0.496 e. The molecule has 1 unspecified atom stereocenters. The van der Waals surface area contributed by atoms with Gasteiger partial charge in [-0.2, -0.15) is 0 Å². The maximum Gasteiger partial charge on any atom is 0.193 e. The molecule has 1 saturated heterocycles. The summed E-state index contributed by atoms with van der Waals surface area (Å²) < 4.78 is 10.6. The van der Waals surface area contributed by atoms with Crippen molar-refractivity contribution in [3.63, 3.8) is 0 Å². The fourth-order valence-corrected chi connectivity index (χ4v) is 2.93. The molecule has 130 valence electrons. The molecular weight excluding hydrogens is 429 g/mol. The molecule has 1 heterocycles. The Morgan fingerprint density at radius 2 is 2.22 bits per heavy atom. The molecule has 1 aromatic rings. The monoisotopic (exact) mass is 453 g/mol. The number of hydrogen-bond acceptors (Lipinski definition) is 3. The van der Waals surface area contributed by atoms with Gasteiger partial charge in [-0.3, -0.25) is 4.99 Å². The van der Waals surface area contributed by atoms with Gasteiger partial charge in [0.1, 0.15) is 5.75 Å². The number of aliphatic imine (C=N–C) groups is 1. The van der Waals surface area contributed by atoms with Gasteiger partial charge >= 0.3 is 0 Å². The number of methoxy groups -OCH3 is 2. The van der Waals surface area contributed by atoms with Crippen molar-refractivity contribution in [2.45, 2.75) is 13.0 Å². The first-order chi connectivity index (χ1) is 10.7. The SMILES string of the molecule is CN=C(NCc1ccc(Cl)cc1OC)N1CCC(COC)C1.I. The third kappa shape index (κ3) is 5.69. The molecule has 1 atom stereocenters. The molecule has 5 nitrogen and oxygen atoms in total. The van der Waals surface area contributed by atoms with Crippen molar-refractivity contribution >= 4 is 41.5 Å². The smallest absolute Gasteiger partial charge is 0.193 e. The quantitative estimate of drug-likeness (QED) is 0.423. The molecule has 0 bridgehead atoms. The van der Waals surface area contributed by atoms with E-state index in [1.165, 1.54) is 0 Å². The highest BCUT2D eigenvalue weighted by atomic mass is 127. The first-order valence-corrected chi connectivity index (χ1v) is 7.82. The number of nitrogens with zero attached hydrogens (tertiary/aromatic N) is 2. The molecule has 7 heteroatoms. The summed E-state index contributed by atoms with van der Waals surface area (Å²) >= 11 is 5.99. The molecule has 0 amide bonds. The lowest BCUT2D eigenvalue weighted by Gasteiger charge is -2.22. The zero-order valence-corrected chi connectivity index (χ0v) is 16.9. The van der Waals surface area contributed by atoms with Gasteiger partial charge in [-0.15, -0.1) is 24.0 Å². The number of likely N-dealkylation sites (tertiary alicyclic amines) is 1. The summed E-state index contributed by atoms with van der Waals surface area (Å²) in [5.41, 5.74) is 1.06. The highest BCUT2D eigenvalue weighted by molar-refractivity contribution is 14.0. The number of halogens is 2. The molecule has 0 radical (unpaired) electrons. The molecule has 2 rings (SSSR count). The van der Waals surface area contributed by atoms with Crippen LogP contribution in [0.4, 0.5) is 0 Å². The summed E-state index contributed by atoms with van der Waals surface area (Å²) in [5, 5.41) is 4.07. The summed E-state index contributed by atoms with van der Waals surface area (Å²) in [4.78, 5) is 6.65. The second kappa shape index (κ2) is 10.2. The van der Waals surface area contributed by atoms with Gasteiger partial charge in [0.05, 0.1) is 13.7 Å². The van der Waals surface area contributed by atoms with E-state index in [0.29, 0.717) is 17.5 Å². The highest BCUT2D eigenvalue weighted by Crippen LogP contribution is 2.23. The molecule has 0 aromatic heterocycles. The molecule has 1 fully saturated rings. The van der Waals surface area contributed by atoms with E-state index in [1.807, 2.05) is 25.2 Å². The normalized spacial score (nSPS) is 17.8. The predicted octanol–water partition coefficient (Wildman–Crippen LogP) is 3.01. The van der Waals surface area contributed by atoms with Crippen LogP contribution < -0.4 is 10.1 Å². The van der Waals surface area contributed by atoms with Crippen LogP contribution in [-0.4, -0.2) is 51.8 Å². The summed E-state index contributed by atoms with van der Waals surface area (Å²) in [5.74, 6) is 2.28. The van der Waals surface area contributed by atoms with E-state index < -0.39 is 0 Å². The van der Waals surface area contributed by atoms with Gasteiger partial charge < -0.3 is 19.7 Å². The van der Waals surface area contributed by atoms with Crippen LogP contribution >= 0.6 is 35.6 Å². The Bertz CT molecular complexity index is 528. The number of nitrogens with one attached hydrogen (secondary N) is 1. The van der Waals surface area contributed by atoms with Crippen LogP contribution in [0.1, 0.15) is 12.0 Å². The lowest BCUT2D eigenvalue weighted by molar-refractivity contribution is 0.157. The van der Waals surface area contributed by atoms with E-state index >= 15 is 0 Å². The Kier molecular flexibility index (Phi) is 9.01. The fraction of sp³-hybridized carbons (Fsp3) is 0.562. The van der Waals surface area contributed by atoms with Crippen LogP contribution in [0.15, 0.2) is 23.2 Å². The van der Waals surface area contributed by atoms with Crippen LogP contribution in [0.3, 0.4) is 0 Å². The third-order valence-corrected chi connectivity index (χ3v) is 4.12. The first kappa shape index (κ1) is 20.3.